The van der Waals surface area contributed by atoms with E-state index in [0.29, 0.717) is 36.2 Å². The van der Waals surface area contributed by atoms with Gasteiger partial charge in [0.05, 0.1) is 37.2 Å². The summed E-state index contributed by atoms with van der Waals surface area (Å²) < 4.78 is 21.7. The van der Waals surface area contributed by atoms with Gasteiger partial charge in [-0.15, -0.1) is 0 Å². The van der Waals surface area contributed by atoms with E-state index in [2.05, 4.69) is 30.6 Å². The first-order valence-corrected chi connectivity index (χ1v) is 18.1. The number of aryl methyl sites for hydroxylation is 2. The van der Waals surface area contributed by atoms with Crippen molar-refractivity contribution in [1.82, 2.24) is 19.9 Å². The van der Waals surface area contributed by atoms with Gasteiger partial charge in [-0.25, -0.2) is 29.5 Å². The summed E-state index contributed by atoms with van der Waals surface area (Å²) in [5.41, 5.74) is 6.27. The molecule has 13 nitrogen and oxygen atoms in total. The number of aliphatic hydroxyl groups is 2. The van der Waals surface area contributed by atoms with Gasteiger partial charge in [-0.05, 0) is 67.3 Å². The quantitative estimate of drug-likeness (QED) is 0.0809. The maximum absolute atomic E-state index is 12.0. The van der Waals surface area contributed by atoms with E-state index in [-0.39, 0.29) is 36.4 Å². The minimum absolute atomic E-state index is 0.00979. The van der Waals surface area contributed by atoms with Crippen LogP contribution in [0.3, 0.4) is 0 Å². The molecule has 2 aromatic carbocycles. The number of ether oxygens (including phenoxy) is 2. The van der Waals surface area contributed by atoms with Gasteiger partial charge in [0.25, 0.3) is 0 Å². The van der Waals surface area contributed by atoms with Crippen LogP contribution >= 0.6 is 11.8 Å². The third kappa shape index (κ3) is 11.3. The van der Waals surface area contributed by atoms with Crippen molar-refractivity contribution in [3.63, 3.8) is 0 Å². The van der Waals surface area contributed by atoms with Crippen LogP contribution in [-0.2, 0) is 46.6 Å². The molecule has 0 bridgehead atoms. The van der Waals surface area contributed by atoms with Crippen LogP contribution in [0.2, 0.25) is 0 Å². The first-order valence-electron chi connectivity index (χ1n) is 15.4. The Hall–Kier alpha value is -4.44. The van der Waals surface area contributed by atoms with E-state index >= 15 is 0 Å². The van der Waals surface area contributed by atoms with Crippen LogP contribution in [0.25, 0.3) is 0 Å². The normalized spacial score (nSPS) is 11.2. The van der Waals surface area contributed by atoms with Gasteiger partial charge in [-0.1, -0.05) is 48.2 Å². The third-order valence-electron chi connectivity index (χ3n) is 7.04. The number of benzene rings is 2. The number of esters is 2. The predicted molar refractivity (Wildman–Crippen MR) is 189 cm³/mol. The molecule has 1 unspecified atom stereocenters. The predicted octanol–water partition coefficient (Wildman–Crippen LogP) is 4.59. The van der Waals surface area contributed by atoms with Gasteiger partial charge in [0.15, 0.2) is 5.16 Å². The molecule has 1 atom stereocenters. The van der Waals surface area contributed by atoms with Crippen LogP contribution in [0, 0.1) is 13.8 Å². The second-order valence-electron chi connectivity index (χ2n) is 10.5. The zero-order valence-corrected chi connectivity index (χ0v) is 30.0. The topological polar surface area (TPSA) is 186 Å². The fourth-order valence-corrected chi connectivity index (χ4v) is 5.18. The molecule has 0 fully saturated rings. The lowest BCUT2D eigenvalue weighted by molar-refractivity contribution is 0.0516. The summed E-state index contributed by atoms with van der Waals surface area (Å²) in [4.78, 5) is 40.7. The molecular weight excluding hydrogens is 669 g/mol. The molecule has 2 heterocycles. The molecule has 0 aliphatic heterocycles. The molecule has 4 rings (SSSR count). The highest BCUT2D eigenvalue weighted by atomic mass is 32.2. The van der Waals surface area contributed by atoms with Crippen LogP contribution in [0.15, 0.2) is 59.1 Å². The smallest absolute Gasteiger partial charge is 0.343 e. The van der Waals surface area contributed by atoms with E-state index in [1.165, 1.54) is 30.4 Å². The van der Waals surface area contributed by atoms with Crippen molar-refractivity contribution in [3.8, 4) is 0 Å². The zero-order valence-electron chi connectivity index (χ0n) is 28.4. The number of nitrogens with one attached hydrogen (secondary N) is 2. The lowest BCUT2D eigenvalue weighted by atomic mass is 10.1. The van der Waals surface area contributed by atoms with Gasteiger partial charge < -0.3 is 30.3 Å². The highest BCUT2D eigenvalue weighted by molar-refractivity contribution is 7.98. The van der Waals surface area contributed by atoms with Crippen molar-refractivity contribution in [2.24, 2.45) is 0 Å². The maximum atomic E-state index is 12.0. The lowest BCUT2D eigenvalue weighted by Crippen LogP contribution is -2.14. The Morgan fingerprint density at radius 1 is 0.796 bits per heavy atom. The second-order valence-corrected chi connectivity index (χ2v) is 12.5. The number of nitrogens with zero attached hydrogens (tertiary/aromatic N) is 4. The van der Waals surface area contributed by atoms with Crippen molar-refractivity contribution >= 4 is 46.1 Å². The average Bonchev–Trinajstić information content (AvgIpc) is 3.10. The van der Waals surface area contributed by atoms with Crippen molar-refractivity contribution in [3.05, 3.63) is 93.3 Å². The summed E-state index contributed by atoms with van der Waals surface area (Å²) >= 11 is 1.40. The van der Waals surface area contributed by atoms with Crippen LogP contribution in [0.1, 0.15) is 67.9 Å². The van der Waals surface area contributed by atoms with Gasteiger partial charge in [0.1, 0.15) is 22.8 Å². The summed E-state index contributed by atoms with van der Waals surface area (Å²) in [6.45, 7) is 8.80. The van der Waals surface area contributed by atoms with E-state index in [4.69, 9.17) is 9.47 Å². The molecule has 49 heavy (non-hydrogen) atoms. The number of carbonyl (C=O) groups excluding carboxylic acids is 2. The molecule has 4 N–H and O–H groups in total. The number of carbonyl (C=O) groups is 2. The second kappa shape index (κ2) is 19.5. The van der Waals surface area contributed by atoms with Crippen molar-refractivity contribution < 1.29 is 33.5 Å². The standard InChI is InChI=1S/C17H21N3O4S.C17H21N3O3S/c1-4-24-16(22)14-9-19-17(25(3)23)20-15(14)18-8-12-5-6-13(10-21)11(2)7-12;1-4-23-16(22)14-9-19-17(24-3)20-15(14)18-8-12-5-6-13(10-21)11(2)7-12/h5-7,9,21H,4,8,10H2,1-3H3,(H,18,19,20);5-7,9,21H,4,8,10H2,1-3H3,(H,18,19,20). The Balaban J connectivity index is 0.000000266. The first kappa shape index (κ1) is 39.0. The molecule has 4 aromatic rings. The highest BCUT2D eigenvalue weighted by Crippen LogP contribution is 2.20. The molecule has 0 spiro atoms. The fraction of sp³-hybridized carbons (Fsp3) is 0.353. The van der Waals surface area contributed by atoms with Gasteiger partial charge in [0.2, 0.25) is 5.16 Å². The molecule has 262 valence electrons. The number of anilines is 2. The van der Waals surface area contributed by atoms with Gasteiger partial charge >= 0.3 is 11.9 Å². The average molecular weight is 711 g/mol. The zero-order chi connectivity index (χ0) is 35.9. The number of rotatable bonds is 14. The van der Waals surface area contributed by atoms with E-state index < -0.39 is 22.7 Å². The monoisotopic (exact) mass is 710 g/mol. The number of aliphatic hydroxyl groups excluding tert-OH is 2. The maximum Gasteiger partial charge on any atom is 0.343 e. The summed E-state index contributed by atoms with van der Waals surface area (Å²) in [6.07, 6.45) is 6.16. The van der Waals surface area contributed by atoms with Crippen molar-refractivity contribution in [2.75, 3.05) is 36.4 Å². The van der Waals surface area contributed by atoms with Crippen LogP contribution in [-0.4, -0.2) is 72.0 Å². The van der Waals surface area contributed by atoms with Crippen LogP contribution in [0.5, 0.6) is 0 Å². The van der Waals surface area contributed by atoms with E-state index in [0.717, 1.165) is 33.4 Å². The summed E-state index contributed by atoms with van der Waals surface area (Å²) in [7, 11) is -1.36. The Kier molecular flexibility index (Phi) is 15.5. The molecule has 0 aliphatic rings. The van der Waals surface area contributed by atoms with E-state index in [1.807, 2.05) is 56.5 Å². The Morgan fingerprint density at radius 3 is 1.67 bits per heavy atom. The third-order valence-corrected chi connectivity index (χ3v) is 8.31. The summed E-state index contributed by atoms with van der Waals surface area (Å²) in [5.74, 6) is -0.246. The van der Waals surface area contributed by atoms with Crippen LogP contribution < -0.4 is 10.6 Å². The summed E-state index contributed by atoms with van der Waals surface area (Å²) in [5, 5.41) is 25.5. The molecule has 0 amide bonds. The van der Waals surface area contributed by atoms with Crippen LogP contribution in [0.4, 0.5) is 11.6 Å². The Morgan fingerprint density at radius 2 is 1.27 bits per heavy atom. The van der Waals surface area contributed by atoms with Gasteiger partial charge in [-0.3, -0.25) is 4.21 Å². The van der Waals surface area contributed by atoms with E-state index in [1.54, 1.807) is 13.8 Å². The molecule has 2 aromatic heterocycles. The highest BCUT2D eigenvalue weighted by Gasteiger charge is 2.18. The number of aromatic nitrogens is 4. The Bertz CT molecular complexity index is 1770. The largest absolute Gasteiger partial charge is 0.462 e. The van der Waals surface area contributed by atoms with Crippen molar-refractivity contribution in [1.29, 1.82) is 0 Å². The molecular formula is C34H42N6O7S2. The Labute approximate surface area is 292 Å². The minimum Gasteiger partial charge on any atom is -0.462 e. The molecule has 15 heteroatoms. The fourth-order valence-electron chi connectivity index (χ4n) is 4.42. The van der Waals surface area contributed by atoms with Gasteiger partial charge in [0, 0.05) is 31.7 Å². The number of hydrogen-bond donors (Lipinski definition) is 4. The first-order chi connectivity index (χ1) is 23.5. The molecule has 0 radical (unpaired) electrons. The van der Waals surface area contributed by atoms with E-state index in [9.17, 15) is 24.0 Å². The molecule has 0 aliphatic carbocycles. The molecule has 0 saturated heterocycles. The summed E-state index contributed by atoms with van der Waals surface area (Å²) in [6, 6.07) is 11.5. The number of thioether (sulfide) groups is 1. The van der Waals surface area contributed by atoms with Gasteiger partial charge in [-0.2, -0.15) is 0 Å². The van der Waals surface area contributed by atoms with Crippen molar-refractivity contribution in [2.45, 2.75) is 64.3 Å². The SMILES string of the molecule is CCOC(=O)c1cnc(S(C)=O)nc1NCc1ccc(CO)c(C)c1.CCOC(=O)c1cnc(SC)nc1NCc1ccc(CO)c(C)c1. The minimum atomic E-state index is -1.36. The lowest BCUT2D eigenvalue weighted by Gasteiger charge is -2.12. The number of hydrogen-bond acceptors (Lipinski definition) is 14. The molecule has 0 saturated carbocycles.